The molecule has 1 aliphatic rings. The van der Waals surface area contributed by atoms with Gasteiger partial charge < -0.3 is 115 Å². The van der Waals surface area contributed by atoms with Crippen LogP contribution in [0.5, 0.6) is 0 Å². The van der Waals surface area contributed by atoms with E-state index < -0.39 is 273 Å². The number of nitrogens with zero attached hydrogens (tertiary/aromatic N) is 1. The zero-order valence-electron chi connectivity index (χ0n) is 66.4. The first kappa shape index (κ1) is 101. The van der Waals surface area contributed by atoms with Crippen LogP contribution in [0.2, 0.25) is 0 Å². The van der Waals surface area contributed by atoms with E-state index in [4.69, 9.17) is 10.8 Å². The molecule has 42 heteroatoms. The first-order valence-electron chi connectivity index (χ1n) is 37.5. The van der Waals surface area contributed by atoms with Gasteiger partial charge in [-0.15, -0.1) is 0 Å². The summed E-state index contributed by atoms with van der Waals surface area (Å²) in [6.07, 6.45) is -6.66. The summed E-state index contributed by atoms with van der Waals surface area (Å²) in [4.78, 5) is 254. The highest BCUT2D eigenvalue weighted by Gasteiger charge is 2.43. The standard InChI is InChI=1S/C71H119N15O26S/c1-31(2)24-43(63(103)82-48(30-113)66(106)78-44(25-32(3)4)62(102)75-40(17-20-50(89)90)60(100)80-46(71(111)112)27-34(7)8)77-57(97)37(13)73-68(108)54(35(9)10)83-61(101)42(19-22-52(93)94)74-59(99)41(18-21-51(91)92)76-67(107)49-16-15-23-86(49)70(110)56(38(14)88)85-64(104)45(26-33(5)6)79-69(109)55(36(11)12)84-65(105)47(29-87)81-58(98)39(72)28-53(95)96/h31-49,54-56,87-88,113H,15-30,72H2,1-14H3,(H,73,108)(H,74,99)(H,75,102)(H,76,107)(H,77,97)(H,78,106)(H,79,109)(H,80,100)(H,81,98)(H,82,103)(H,83,101)(H,84,105)(H,85,104)(H,89,90)(H,91,92)(H,93,94)(H,95,96)(H,111,112)/t37-,38+,39-,40-,41-,42-,43-,44-,45-,46-,47-,48-,49-,54-,55-,56-/m0/s1. The van der Waals surface area contributed by atoms with Crippen molar-refractivity contribution < 1.29 is 127 Å². The van der Waals surface area contributed by atoms with Crippen LogP contribution in [0.25, 0.3) is 0 Å². The third kappa shape index (κ3) is 36.7. The van der Waals surface area contributed by atoms with E-state index in [1.807, 2.05) is 0 Å². The molecule has 640 valence electrons. The predicted octanol–water partition coefficient (Wildman–Crippen LogP) is -4.42. The molecule has 0 saturated carbocycles. The van der Waals surface area contributed by atoms with Gasteiger partial charge >= 0.3 is 29.8 Å². The molecule has 0 unspecified atom stereocenters. The van der Waals surface area contributed by atoms with Gasteiger partial charge in [-0.25, -0.2) is 4.79 Å². The number of carbonyl (C=O) groups is 19. The van der Waals surface area contributed by atoms with Crippen molar-refractivity contribution in [3.8, 4) is 0 Å². The molecule has 0 aromatic heterocycles. The van der Waals surface area contributed by atoms with Crippen LogP contribution >= 0.6 is 12.6 Å². The molecule has 1 aliphatic heterocycles. The molecule has 14 amide bonds. The van der Waals surface area contributed by atoms with Crippen molar-refractivity contribution in [2.45, 2.75) is 277 Å². The van der Waals surface area contributed by atoms with E-state index in [9.17, 15) is 122 Å². The van der Waals surface area contributed by atoms with E-state index in [2.05, 4.69) is 81.7 Å². The molecule has 1 heterocycles. The number of aliphatic hydroxyl groups excluding tert-OH is 2. The van der Waals surface area contributed by atoms with E-state index in [0.29, 0.717) is 0 Å². The molecular formula is C71H119N15O26S. The number of carbonyl (C=O) groups excluding carboxylic acids is 14. The summed E-state index contributed by atoms with van der Waals surface area (Å²) in [5.74, 6) is -24.5. The topological polar surface area (TPSA) is 652 Å². The maximum atomic E-state index is 14.5. The van der Waals surface area contributed by atoms with Crippen LogP contribution in [0.15, 0.2) is 0 Å². The third-order valence-electron chi connectivity index (χ3n) is 17.7. The third-order valence-corrected chi connectivity index (χ3v) is 18.0. The first-order chi connectivity index (χ1) is 52.5. The van der Waals surface area contributed by atoms with Gasteiger partial charge in [-0.05, 0) is 107 Å². The Morgan fingerprint density at radius 2 is 0.699 bits per heavy atom. The Morgan fingerprint density at radius 1 is 0.381 bits per heavy atom. The number of thiol groups is 1. The Bertz CT molecular complexity index is 3340. The molecule has 0 aromatic carbocycles. The van der Waals surface area contributed by atoms with Crippen molar-refractivity contribution in [2.75, 3.05) is 18.9 Å². The molecule has 0 radical (unpaired) electrons. The van der Waals surface area contributed by atoms with Gasteiger partial charge in [0.2, 0.25) is 82.7 Å². The highest BCUT2D eigenvalue weighted by molar-refractivity contribution is 7.80. The fourth-order valence-corrected chi connectivity index (χ4v) is 11.9. The van der Waals surface area contributed by atoms with Crippen LogP contribution in [0.4, 0.5) is 0 Å². The fraction of sp³-hybridized carbons (Fsp3) is 0.732. The highest BCUT2D eigenvalue weighted by Crippen LogP contribution is 2.22. The van der Waals surface area contributed by atoms with Crippen LogP contribution in [-0.4, -0.2) is 269 Å². The number of hydrogen-bond donors (Lipinski definition) is 22. The summed E-state index contributed by atoms with van der Waals surface area (Å²) in [6.45, 7) is 20.8. The van der Waals surface area contributed by atoms with Crippen LogP contribution in [-0.2, 0) is 91.1 Å². The Hall–Kier alpha value is -9.84. The minimum Gasteiger partial charge on any atom is -0.481 e. The van der Waals surface area contributed by atoms with Crippen LogP contribution in [0.3, 0.4) is 0 Å². The SMILES string of the molecule is CC(C)C[C@H](NC(=O)[C@H](CCC(=O)O)NC(=O)[C@H](CC(C)C)NC(=O)[C@H](CS)NC(=O)[C@H](CC(C)C)NC(=O)[C@H](C)NC(=O)[C@@H](NC(=O)[C@H](CCC(=O)O)NC(=O)[C@H](CCC(=O)O)NC(=O)[C@@H]1CCCN1C(=O)[C@@H](NC(=O)[C@H](CC(C)C)NC(=O)[C@@H](NC(=O)[C@H](CO)NC(=O)[C@@H](N)CC(=O)O)C(C)C)[C@@H](C)O)C(C)C)C(=O)O. The zero-order valence-corrected chi connectivity index (χ0v) is 67.3. The van der Waals surface area contributed by atoms with Gasteiger partial charge in [0.1, 0.15) is 84.6 Å². The van der Waals surface area contributed by atoms with E-state index in [-0.39, 0.29) is 74.5 Å². The average molecular weight is 1630 g/mol. The second-order valence-electron chi connectivity index (χ2n) is 30.4. The normalized spacial score (nSPS) is 16.7. The number of carboxylic acid groups (broad SMARTS) is 5. The molecule has 0 aliphatic carbocycles. The van der Waals surface area contributed by atoms with E-state index in [1.54, 1.807) is 55.4 Å². The van der Waals surface area contributed by atoms with Crippen molar-refractivity contribution in [2.24, 2.45) is 41.2 Å². The predicted molar refractivity (Wildman–Crippen MR) is 404 cm³/mol. The fourth-order valence-electron chi connectivity index (χ4n) is 11.6. The molecule has 41 nitrogen and oxygen atoms in total. The van der Waals surface area contributed by atoms with Gasteiger partial charge in [-0.2, -0.15) is 12.6 Å². The number of aliphatic carboxylic acids is 5. The molecule has 1 saturated heterocycles. The number of rotatable bonds is 52. The van der Waals surface area contributed by atoms with Crippen LogP contribution < -0.4 is 74.9 Å². The molecule has 0 aromatic rings. The molecule has 22 N–H and O–H groups in total. The van der Waals surface area contributed by atoms with Crippen molar-refractivity contribution in [3.05, 3.63) is 0 Å². The van der Waals surface area contributed by atoms with E-state index in [0.717, 1.165) is 11.8 Å². The lowest BCUT2D eigenvalue weighted by atomic mass is 9.99. The van der Waals surface area contributed by atoms with Gasteiger partial charge in [0.25, 0.3) is 0 Å². The zero-order chi connectivity index (χ0) is 86.8. The number of likely N-dealkylation sites (tertiary alicyclic amines) is 1. The largest absolute Gasteiger partial charge is 0.481 e. The Morgan fingerprint density at radius 3 is 1.08 bits per heavy atom. The van der Waals surface area contributed by atoms with Crippen molar-refractivity contribution in [1.82, 2.24) is 74.0 Å². The Labute approximate surface area is 660 Å². The van der Waals surface area contributed by atoms with Gasteiger partial charge in [0.05, 0.1) is 25.2 Å². The summed E-state index contributed by atoms with van der Waals surface area (Å²) in [5.41, 5.74) is 5.59. The molecule has 1 rings (SSSR count). The maximum Gasteiger partial charge on any atom is 0.326 e. The van der Waals surface area contributed by atoms with Gasteiger partial charge in [0.15, 0.2) is 0 Å². The summed E-state index contributed by atoms with van der Waals surface area (Å²) in [6, 6.07) is -23.5. The first-order valence-corrected chi connectivity index (χ1v) is 38.1. The molecule has 0 spiro atoms. The maximum absolute atomic E-state index is 14.5. The minimum absolute atomic E-state index is 0.00417. The number of nitrogens with two attached hydrogens (primary N) is 1. The monoisotopic (exact) mass is 1630 g/mol. The molecular weight excluding hydrogens is 1510 g/mol. The smallest absolute Gasteiger partial charge is 0.326 e. The number of hydrogen-bond acceptors (Lipinski definition) is 23. The number of nitrogens with one attached hydrogen (secondary N) is 13. The summed E-state index contributed by atoms with van der Waals surface area (Å²) in [7, 11) is 0. The lowest BCUT2D eigenvalue weighted by molar-refractivity contribution is -0.145. The number of carboxylic acids is 5. The number of amides is 14. The molecule has 0 bridgehead atoms. The second-order valence-corrected chi connectivity index (χ2v) is 30.7. The Balaban J connectivity index is 3.47. The van der Waals surface area contributed by atoms with E-state index >= 15 is 0 Å². The van der Waals surface area contributed by atoms with Gasteiger partial charge in [0, 0.05) is 31.6 Å². The van der Waals surface area contributed by atoms with Crippen molar-refractivity contribution >= 4 is 125 Å². The van der Waals surface area contributed by atoms with Crippen molar-refractivity contribution in [1.29, 1.82) is 0 Å². The lowest BCUT2D eigenvalue weighted by Gasteiger charge is -2.32. The summed E-state index contributed by atoms with van der Waals surface area (Å²) in [5, 5.41) is 99.9. The Kier molecular flexibility index (Phi) is 44.4. The van der Waals surface area contributed by atoms with Gasteiger partial charge in [-0.3, -0.25) is 86.3 Å². The average Bonchev–Trinajstić information content (AvgIpc) is 1.72. The summed E-state index contributed by atoms with van der Waals surface area (Å²) >= 11 is 4.24. The van der Waals surface area contributed by atoms with Crippen LogP contribution in [0.1, 0.15) is 180 Å². The molecule has 1 fully saturated rings. The van der Waals surface area contributed by atoms with E-state index in [1.165, 1.54) is 34.6 Å². The highest BCUT2D eigenvalue weighted by atomic mass is 32.1. The molecule has 113 heavy (non-hydrogen) atoms. The quantitative estimate of drug-likeness (QED) is 0.0256. The minimum atomic E-state index is -1.83. The number of aliphatic hydroxyl groups is 2. The van der Waals surface area contributed by atoms with Gasteiger partial charge in [-0.1, -0.05) is 83.1 Å². The second kappa shape index (κ2) is 49.6. The molecule has 16 atom stereocenters. The van der Waals surface area contributed by atoms with Crippen molar-refractivity contribution in [3.63, 3.8) is 0 Å². The van der Waals surface area contributed by atoms with Crippen LogP contribution in [0, 0.1) is 35.5 Å². The lowest BCUT2D eigenvalue weighted by Crippen LogP contribution is -2.62. The summed E-state index contributed by atoms with van der Waals surface area (Å²) < 4.78 is 0.